The van der Waals surface area contributed by atoms with E-state index < -0.39 is 6.10 Å². The Kier molecular flexibility index (Phi) is 6.76. The van der Waals surface area contributed by atoms with Crippen molar-refractivity contribution in [3.8, 4) is 0 Å². The van der Waals surface area contributed by atoms with Crippen molar-refractivity contribution in [1.29, 1.82) is 0 Å². The van der Waals surface area contributed by atoms with Crippen LogP contribution in [-0.2, 0) is 0 Å². The lowest BCUT2D eigenvalue weighted by Gasteiger charge is -2.22. The minimum atomic E-state index is -0.482. The topological polar surface area (TPSA) is 46.2 Å². The van der Waals surface area contributed by atoms with E-state index in [1.54, 1.807) is 0 Å². The lowest BCUT2D eigenvalue weighted by Crippen LogP contribution is -2.30. The summed E-state index contributed by atoms with van der Waals surface area (Å²) < 4.78 is 0. The van der Waals surface area contributed by atoms with Crippen LogP contribution in [0, 0.1) is 5.92 Å². The zero-order chi connectivity index (χ0) is 12.3. The van der Waals surface area contributed by atoms with Gasteiger partial charge < -0.3 is 10.8 Å². The van der Waals surface area contributed by atoms with E-state index in [1.165, 1.54) is 5.56 Å². The molecule has 0 spiro atoms. The molecule has 0 fully saturated rings. The normalized spacial score (nSPS) is 14.6. The Morgan fingerprint density at radius 3 is 1.71 bits per heavy atom. The molecule has 2 nitrogen and oxygen atoms in total. The van der Waals surface area contributed by atoms with Crippen LogP contribution in [0.2, 0.25) is 0 Å². The monoisotopic (exact) mass is 257 g/mol. The van der Waals surface area contributed by atoms with Gasteiger partial charge in [0.1, 0.15) is 0 Å². The molecule has 0 saturated carbocycles. The Morgan fingerprint density at radius 1 is 0.941 bits per heavy atom. The molecule has 1 aromatic rings. The summed E-state index contributed by atoms with van der Waals surface area (Å²) in [6, 6.07) is 7.93. The molecular weight excluding hydrogens is 234 g/mol. The highest BCUT2D eigenvalue weighted by Crippen LogP contribution is 2.22. The summed E-state index contributed by atoms with van der Waals surface area (Å²) in [4.78, 5) is 0. The quantitative estimate of drug-likeness (QED) is 0.870. The minimum Gasteiger partial charge on any atom is -0.391 e. The average Bonchev–Trinajstić information content (AvgIpc) is 2.27. The second-order valence-electron chi connectivity index (χ2n) is 5.08. The van der Waals surface area contributed by atoms with Gasteiger partial charge >= 0.3 is 0 Å². The van der Waals surface area contributed by atoms with Gasteiger partial charge in [0, 0.05) is 0 Å². The van der Waals surface area contributed by atoms with Crippen molar-refractivity contribution in [3.05, 3.63) is 35.4 Å². The Balaban J connectivity index is 0.00000256. The highest BCUT2D eigenvalue weighted by atomic mass is 35.5. The summed E-state index contributed by atoms with van der Waals surface area (Å²) in [5.74, 6) is 0.708. The van der Waals surface area contributed by atoms with Gasteiger partial charge in [-0.3, -0.25) is 0 Å². The molecule has 0 aromatic heterocycles. The van der Waals surface area contributed by atoms with Crippen molar-refractivity contribution >= 4 is 12.4 Å². The van der Waals surface area contributed by atoms with Crippen LogP contribution in [0.1, 0.15) is 50.8 Å². The first-order valence-electron chi connectivity index (χ1n) is 5.97. The maximum atomic E-state index is 9.90. The van der Waals surface area contributed by atoms with Crippen molar-refractivity contribution < 1.29 is 5.11 Å². The van der Waals surface area contributed by atoms with E-state index >= 15 is 0 Å². The van der Waals surface area contributed by atoms with E-state index in [2.05, 4.69) is 26.0 Å². The van der Waals surface area contributed by atoms with Crippen LogP contribution in [0.4, 0.5) is 0 Å². The van der Waals surface area contributed by atoms with Crippen LogP contribution in [0.3, 0.4) is 0 Å². The van der Waals surface area contributed by atoms with E-state index in [9.17, 15) is 5.11 Å². The van der Waals surface area contributed by atoms with Crippen molar-refractivity contribution in [1.82, 2.24) is 0 Å². The highest BCUT2D eigenvalue weighted by Gasteiger charge is 2.19. The molecule has 0 heterocycles. The minimum absolute atomic E-state index is 0. The average molecular weight is 258 g/mol. The third-order valence-electron chi connectivity index (χ3n) is 3.04. The van der Waals surface area contributed by atoms with E-state index in [0.717, 1.165) is 5.56 Å². The Morgan fingerprint density at radius 2 is 1.35 bits per heavy atom. The number of aliphatic hydroxyl groups excluding tert-OH is 1. The van der Waals surface area contributed by atoms with E-state index in [0.29, 0.717) is 5.92 Å². The SMILES string of the molecule is CC(C)c1ccc([C@@H](N)[C@@H](O)C(C)C)cc1.Cl. The van der Waals surface area contributed by atoms with Crippen LogP contribution in [0.5, 0.6) is 0 Å². The molecule has 0 radical (unpaired) electrons. The zero-order valence-corrected chi connectivity index (χ0v) is 11.9. The first kappa shape index (κ1) is 16.4. The number of aliphatic hydroxyl groups is 1. The maximum Gasteiger partial charge on any atom is 0.0755 e. The molecule has 0 bridgehead atoms. The first-order chi connectivity index (χ1) is 7.43. The fourth-order valence-corrected chi connectivity index (χ4v) is 1.71. The van der Waals surface area contributed by atoms with Gasteiger partial charge in [0.05, 0.1) is 12.1 Å². The van der Waals surface area contributed by atoms with Gasteiger partial charge in [0.2, 0.25) is 0 Å². The highest BCUT2D eigenvalue weighted by molar-refractivity contribution is 5.85. The number of rotatable bonds is 4. The van der Waals surface area contributed by atoms with Crippen LogP contribution in [-0.4, -0.2) is 11.2 Å². The molecule has 1 rings (SSSR count). The molecule has 0 amide bonds. The molecule has 0 saturated heterocycles. The van der Waals surface area contributed by atoms with Gasteiger partial charge in [-0.1, -0.05) is 52.0 Å². The van der Waals surface area contributed by atoms with Crippen molar-refractivity contribution in [2.45, 2.75) is 45.8 Å². The molecule has 0 aliphatic rings. The Labute approximate surface area is 111 Å². The van der Waals surface area contributed by atoms with Crippen molar-refractivity contribution in [3.63, 3.8) is 0 Å². The van der Waals surface area contributed by atoms with Crippen molar-refractivity contribution in [2.75, 3.05) is 0 Å². The summed E-state index contributed by atoms with van der Waals surface area (Å²) in [6.45, 7) is 8.29. The summed E-state index contributed by atoms with van der Waals surface area (Å²) in [5, 5.41) is 9.90. The number of hydrogen-bond acceptors (Lipinski definition) is 2. The molecule has 3 heteroatoms. The zero-order valence-electron chi connectivity index (χ0n) is 11.1. The standard InChI is InChI=1S/C14H23NO.ClH/c1-9(2)11-5-7-12(8-6-11)13(15)14(16)10(3)4;/h5-10,13-14,16H,15H2,1-4H3;1H/t13-,14+;/m1./s1. The predicted molar refractivity (Wildman–Crippen MR) is 75.6 cm³/mol. The maximum absolute atomic E-state index is 9.90. The molecule has 0 aliphatic carbocycles. The molecule has 17 heavy (non-hydrogen) atoms. The molecule has 0 unspecified atom stereocenters. The van der Waals surface area contributed by atoms with Gasteiger partial charge in [0.15, 0.2) is 0 Å². The summed E-state index contributed by atoms with van der Waals surface area (Å²) >= 11 is 0. The third-order valence-corrected chi connectivity index (χ3v) is 3.04. The fourth-order valence-electron chi connectivity index (χ4n) is 1.71. The number of hydrogen-bond donors (Lipinski definition) is 2. The second-order valence-corrected chi connectivity index (χ2v) is 5.08. The number of halogens is 1. The van der Waals surface area contributed by atoms with Crippen molar-refractivity contribution in [2.24, 2.45) is 11.7 Å². The lowest BCUT2D eigenvalue weighted by atomic mass is 9.92. The number of nitrogens with two attached hydrogens (primary N) is 1. The summed E-state index contributed by atoms with van der Waals surface area (Å²) in [5.41, 5.74) is 8.32. The van der Waals surface area contributed by atoms with E-state index in [1.807, 2.05) is 26.0 Å². The van der Waals surface area contributed by atoms with E-state index in [-0.39, 0.29) is 24.4 Å². The molecule has 2 atom stereocenters. The van der Waals surface area contributed by atoms with Gasteiger partial charge in [-0.15, -0.1) is 12.4 Å². The van der Waals surface area contributed by atoms with Gasteiger partial charge in [-0.25, -0.2) is 0 Å². The molecule has 98 valence electrons. The predicted octanol–water partition coefficient (Wildman–Crippen LogP) is 3.25. The molecule has 1 aromatic carbocycles. The Bertz CT molecular complexity index is 321. The molecular formula is C14H24ClNO. The van der Waals surface area contributed by atoms with Crippen LogP contribution < -0.4 is 5.73 Å². The van der Waals surface area contributed by atoms with Gasteiger partial charge in [-0.05, 0) is 23.0 Å². The second kappa shape index (κ2) is 7.00. The van der Waals surface area contributed by atoms with Crippen LogP contribution in [0.15, 0.2) is 24.3 Å². The Hall–Kier alpha value is -0.570. The van der Waals surface area contributed by atoms with Crippen LogP contribution in [0.25, 0.3) is 0 Å². The largest absolute Gasteiger partial charge is 0.391 e. The lowest BCUT2D eigenvalue weighted by molar-refractivity contribution is 0.0979. The van der Waals surface area contributed by atoms with Gasteiger partial charge in [-0.2, -0.15) is 0 Å². The third kappa shape index (κ3) is 4.30. The smallest absolute Gasteiger partial charge is 0.0755 e. The summed E-state index contributed by atoms with van der Waals surface area (Å²) in [6.07, 6.45) is -0.482. The summed E-state index contributed by atoms with van der Waals surface area (Å²) in [7, 11) is 0. The van der Waals surface area contributed by atoms with Gasteiger partial charge in [0.25, 0.3) is 0 Å². The number of benzene rings is 1. The van der Waals surface area contributed by atoms with Crippen LogP contribution >= 0.6 is 12.4 Å². The first-order valence-corrected chi connectivity index (χ1v) is 5.97. The molecule has 0 aliphatic heterocycles. The fraction of sp³-hybridized carbons (Fsp3) is 0.571. The van der Waals surface area contributed by atoms with E-state index in [4.69, 9.17) is 5.73 Å². The molecule has 3 N–H and O–H groups in total.